The lowest BCUT2D eigenvalue weighted by Crippen LogP contribution is -2.32. The van der Waals surface area contributed by atoms with Gasteiger partial charge in [-0.25, -0.2) is 4.98 Å². The fourth-order valence-electron chi connectivity index (χ4n) is 4.42. The number of carbonyl (C=O) groups excluding carboxylic acids is 1. The first kappa shape index (κ1) is 22.2. The van der Waals surface area contributed by atoms with Gasteiger partial charge in [-0.15, -0.1) is 0 Å². The van der Waals surface area contributed by atoms with Crippen molar-refractivity contribution in [3.8, 4) is 11.5 Å². The predicted molar refractivity (Wildman–Crippen MR) is 126 cm³/mol. The quantitative estimate of drug-likeness (QED) is 0.450. The first-order valence-electron chi connectivity index (χ1n) is 11.7. The molecule has 1 saturated carbocycles. The Hall–Kier alpha value is -3.02. The number of hydrogen-bond donors (Lipinski definition) is 1. The summed E-state index contributed by atoms with van der Waals surface area (Å²) in [5.41, 5.74) is 2.09. The maximum Gasteiger partial charge on any atom is 0.223 e. The number of rotatable bonds is 10. The molecule has 0 spiro atoms. The number of aryl methyl sites for hydroxylation is 1. The molecule has 0 aliphatic heterocycles. The molecule has 0 bridgehead atoms. The van der Waals surface area contributed by atoms with Gasteiger partial charge in [0.25, 0.3) is 0 Å². The lowest BCUT2D eigenvalue weighted by atomic mass is 9.89. The molecule has 0 unspecified atom stereocenters. The third-order valence-corrected chi connectivity index (χ3v) is 6.23. The van der Waals surface area contributed by atoms with E-state index in [1.54, 1.807) is 7.11 Å². The number of para-hydroxylation sites is 2. The summed E-state index contributed by atoms with van der Waals surface area (Å²) >= 11 is 0. The van der Waals surface area contributed by atoms with E-state index in [-0.39, 0.29) is 11.8 Å². The Kier molecular flexibility index (Phi) is 7.64. The zero-order chi connectivity index (χ0) is 22.2. The second-order valence-electron chi connectivity index (χ2n) is 8.45. The Morgan fingerprint density at radius 3 is 2.56 bits per heavy atom. The van der Waals surface area contributed by atoms with Gasteiger partial charge < -0.3 is 19.4 Å². The van der Waals surface area contributed by atoms with E-state index in [1.165, 1.54) is 6.42 Å². The topological polar surface area (TPSA) is 65.4 Å². The van der Waals surface area contributed by atoms with Crippen LogP contribution in [0.5, 0.6) is 11.5 Å². The molecule has 0 radical (unpaired) electrons. The largest absolute Gasteiger partial charge is 0.497 e. The molecule has 1 heterocycles. The van der Waals surface area contributed by atoms with Crippen LogP contribution in [0.15, 0.2) is 48.5 Å². The summed E-state index contributed by atoms with van der Waals surface area (Å²) in [6, 6.07) is 15.8. The lowest BCUT2D eigenvalue weighted by molar-refractivity contribution is -0.126. The molecular weight excluding hydrogens is 402 g/mol. The number of nitrogens with zero attached hydrogens (tertiary/aromatic N) is 2. The molecule has 1 aliphatic rings. The number of aromatic nitrogens is 2. The average molecular weight is 436 g/mol. The van der Waals surface area contributed by atoms with Crippen LogP contribution in [0.4, 0.5) is 0 Å². The van der Waals surface area contributed by atoms with Crippen molar-refractivity contribution in [1.82, 2.24) is 14.9 Å². The number of nitrogens with one attached hydrogen (secondary N) is 1. The van der Waals surface area contributed by atoms with E-state index in [2.05, 4.69) is 16.0 Å². The number of methoxy groups -OCH3 is 1. The molecule has 1 aliphatic carbocycles. The van der Waals surface area contributed by atoms with Gasteiger partial charge in [-0.1, -0.05) is 31.4 Å². The van der Waals surface area contributed by atoms with Crippen molar-refractivity contribution in [2.75, 3.05) is 13.7 Å². The number of imidazole rings is 1. The lowest BCUT2D eigenvalue weighted by Gasteiger charge is -2.20. The number of carbonyl (C=O) groups is 1. The van der Waals surface area contributed by atoms with Crippen molar-refractivity contribution in [3.63, 3.8) is 0 Å². The van der Waals surface area contributed by atoms with Crippen LogP contribution in [0.2, 0.25) is 0 Å². The van der Waals surface area contributed by atoms with Crippen molar-refractivity contribution >= 4 is 16.9 Å². The first-order chi connectivity index (χ1) is 15.7. The SMILES string of the molecule is COc1ccc(OCCCCn2c(CNC(=O)C3CCCCC3)nc3ccccc32)cc1. The van der Waals surface area contributed by atoms with Crippen LogP contribution in [-0.2, 0) is 17.9 Å². The maximum atomic E-state index is 12.6. The van der Waals surface area contributed by atoms with Gasteiger partial charge in [0.15, 0.2) is 0 Å². The molecule has 1 fully saturated rings. The van der Waals surface area contributed by atoms with Crippen LogP contribution in [0.1, 0.15) is 50.8 Å². The smallest absolute Gasteiger partial charge is 0.223 e. The van der Waals surface area contributed by atoms with Crippen LogP contribution in [0, 0.1) is 5.92 Å². The zero-order valence-corrected chi connectivity index (χ0v) is 18.9. The molecule has 1 N–H and O–H groups in total. The highest BCUT2D eigenvalue weighted by molar-refractivity contribution is 5.79. The summed E-state index contributed by atoms with van der Waals surface area (Å²) in [5.74, 6) is 2.94. The van der Waals surface area contributed by atoms with Gasteiger partial charge in [0, 0.05) is 12.5 Å². The molecule has 0 atom stereocenters. The minimum Gasteiger partial charge on any atom is -0.497 e. The van der Waals surface area contributed by atoms with Crippen LogP contribution >= 0.6 is 0 Å². The van der Waals surface area contributed by atoms with Gasteiger partial charge in [-0.2, -0.15) is 0 Å². The summed E-state index contributed by atoms with van der Waals surface area (Å²) in [7, 11) is 1.66. The molecule has 4 rings (SSSR count). The van der Waals surface area contributed by atoms with Gasteiger partial charge in [0.1, 0.15) is 17.3 Å². The minimum atomic E-state index is 0.164. The Bertz CT molecular complexity index is 1010. The van der Waals surface area contributed by atoms with Crippen LogP contribution in [0.25, 0.3) is 11.0 Å². The molecule has 6 heteroatoms. The van der Waals surface area contributed by atoms with Crippen molar-refractivity contribution in [2.45, 2.75) is 58.0 Å². The highest BCUT2D eigenvalue weighted by Gasteiger charge is 2.21. The summed E-state index contributed by atoms with van der Waals surface area (Å²) in [5, 5.41) is 3.15. The van der Waals surface area contributed by atoms with Gasteiger partial charge in [0.05, 0.1) is 31.3 Å². The van der Waals surface area contributed by atoms with Crippen LogP contribution in [-0.4, -0.2) is 29.2 Å². The van der Waals surface area contributed by atoms with Gasteiger partial charge in [0.2, 0.25) is 5.91 Å². The second-order valence-corrected chi connectivity index (χ2v) is 8.45. The third kappa shape index (κ3) is 5.61. The highest BCUT2D eigenvalue weighted by atomic mass is 16.5. The second kappa shape index (κ2) is 11.0. The Morgan fingerprint density at radius 1 is 1.03 bits per heavy atom. The molecule has 3 aromatic rings. The zero-order valence-electron chi connectivity index (χ0n) is 18.9. The number of fused-ring (bicyclic) bond motifs is 1. The average Bonchev–Trinajstić information content (AvgIpc) is 3.20. The van der Waals surface area contributed by atoms with E-state index >= 15 is 0 Å². The van der Waals surface area contributed by atoms with E-state index in [1.807, 2.05) is 42.5 Å². The summed E-state index contributed by atoms with van der Waals surface area (Å²) in [6.45, 7) is 1.99. The van der Waals surface area contributed by atoms with Gasteiger partial charge >= 0.3 is 0 Å². The van der Waals surface area contributed by atoms with Gasteiger partial charge in [-0.3, -0.25) is 4.79 Å². The molecule has 1 aromatic heterocycles. The number of hydrogen-bond acceptors (Lipinski definition) is 4. The minimum absolute atomic E-state index is 0.164. The highest BCUT2D eigenvalue weighted by Crippen LogP contribution is 2.24. The molecule has 0 saturated heterocycles. The Morgan fingerprint density at radius 2 is 1.78 bits per heavy atom. The molecule has 6 nitrogen and oxygen atoms in total. The van der Waals surface area contributed by atoms with Gasteiger partial charge in [-0.05, 0) is 62.1 Å². The van der Waals surface area contributed by atoms with E-state index in [0.717, 1.165) is 73.4 Å². The van der Waals surface area contributed by atoms with E-state index in [9.17, 15) is 4.79 Å². The normalized spacial score (nSPS) is 14.4. The number of unbranched alkanes of at least 4 members (excludes halogenated alkanes) is 1. The molecule has 170 valence electrons. The van der Waals surface area contributed by atoms with Crippen molar-refractivity contribution in [1.29, 1.82) is 0 Å². The predicted octanol–water partition coefficient (Wildman–Crippen LogP) is 5.10. The molecule has 32 heavy (non-hydrogen) atoms. The molecule has 2 aromatic carbocycles. The summed E-state index contributed by atoms with van der Waals surface area (Å²) < 4.78 is 13.3. The van der Waals surface area contributed by atoms with Crippen molar-refractivity contribution in [3.05, 3.63) is 54.4 Å². The first-order valence-corrected chi connectivity index (χ1v) is 11.7. The fourth-order valence-corrected chi connectivity index (χ4v) is 4.42. The molecular formula is C26H33N3O3. The van der Waals surface area contributed by atoms with Crippen molar-refractivity contribution < 1.29 is 14.3 Å². The summed E-state index contributed by atoms with van der Waals surface area (Å²) in [6.07, 6.45) is 7.51. The van der Waals surface area contributed by atoms with E-state index < -0.39 is 0 Å². The third-order valence-electron chi connectivity index (χ3n) is 6.23. The number of amides is 1. The standard InChI is InChI=1S/C26H33N3O3/c1-31-21-13-15-22(16-14-21)32-18-8-7-17-29-24-12-6-5-11-23(24)28-25(29)19-27-26(30)20-9-3-2-4-10-20/h5-6,11-16,20H,2-4,7-10,17-19H2,1H3,(H,27,30). The Balaban J connectivity index is 1.32. The van der Waals surface area contributed by atoms with E-state index in [4.69, 9.17) is 14.5 Å². The molecule has 1 amide bonds. The maximum absolute atomic E-state index is 12.6. The van der Waals surface area contributed by atoms with Crippen LogP contribution in [0.3, 0.4) is 0 Å². The Labute approximate surface area is 189 Å². The van der Waals surface area contributed by atoms with Crippen LogP contribution < -0.4 is 14.8 Å². The number of ether oxygens (including phenoxy) is 2. The van der Waals surface area contributed by atoms with E-state index in [0.29, 0.717) is 13.2 Å². The number of benzene rings is 2. The summed E-state index contributed by atoms with van der Waals surface area (Å²) in [4.78, 5) is 17.4. The fraction of sp³-hybridized carbons (Fsp3) is 0.462. The van der Waals surface area contributed by atoms with Crippen molar-refractivity contribution in [2.24, 2.45) is 5.92 Å². The monoisotopic (exact) mass is 435 g/mol.